The molecule has 3 aliphatic heterocycles. The molecule has 8 nitrogen and oxygen atoms in total. The number of nitrogens with zero attached hydrogens (tertiary/aromatic N) is 1. The molecule has 3 heterocycles. The molecule has 1 aromatic rings. The predicted octanol–water partition coefficient (Wildman–Crippen LogP) is 1.82. The van der Waals surface area contributed by atoms with Crippen LogP contribution < -0.4 is 4.74 Å². The van der Waals surface area contributed by atoms with Gasteiger partial charge >= 0.3 is 11.9 Å². The summed E-state index contributed by atoms with van der Waals surface area (Å²) in [6.07, 6.45) is 3.71. The molecule has 3 aliphatic rings. The first-order valence-electron chi connectivity index (χ1n) is 8.78. The number of benzene rings is 1. The van der Waals surface area contributed by atoms with E-state index < -0.39 is 11.9 Å². The van der Waals surface area contributed by atoms with Crippen molar-refractivity contribution in [3.05, 3.63) is 29.3 Å². The van der Waals surface area contributed by atoms with Gasteiger partial charge in [-0.2, -0.15) is 0 Å². The molecule has 0 aromatic heterocycles. The summed E-state index contributed by atoms with van der Waals surface area (Å²) in [6, 6.07) is 5.07. The predicted molar refractivity (Wildman–Crippen MR) is 96.0 cm³/mol. The molecule has 27 heavy (non-hydrogen) atoms. The fraction of sp³-hybridized carbons (Fsp3) is 0.526. The zero-order valence-corrected chi connectivity index (χ0v) is 15.6. The first-order chi connectivity index (χ1) is 13.0. The number of piperidine rings is 3. The van der Waals surface area contributed by atoms with E-state index in [0.717, 1.165) is 25.4 Å². The SMILES string of the molecule is COC(=O)c1cc(OCC2CC3CCN2CC3)cc(C(=O)OC)c1.O=CO. The maximum absolute atomic E-state index is 11.8. The fourth-order valence-corrected chi connectivity index (χ4v) is 3.61. The molecule has 2 bridgehead atoms. The number of hydrogen-bond donors (Lipinski definition) is 1. The van der Waals surface area contributed by atoms with Gasteiger partial charge in [0.25, 0.3) is 6.47 Å². The van der Waals surface area contributed by atoms with Gasteiger partial charge in [0.15, 0.2) is 0 Å². The van der Waals surface area contributed by atoms with E-state index in [1.807, 2.05) is 0 Å². The third-order valence-electron chi connectivity index (χ3n) is 4.96. The van der Waals surface area contributed by atoms with Crippen molar-refractivity contribution in [2.45, 2.75) is 25.3 Å². The normalized spacial score (nSPS) is 22.8. The minimum Gasteiger partial charge on any atom is -0.492 e. The van der Waals surface area contributed by atoms with E-state index >= 15 is 0 Å². The number of carboxylic acid groups (broad SMARTS) is 1. The Balaban J connectivity index is 0.000000817. The van der Waals surface area contributed by atoms with Crippen molar-refractivity contribution in [1.29, 1.82) is 0 Å². The average molecular weight is 379 g/mol. The van der Waals surface area contributed by atoms with Gasteiger partial charge < -0.3 is 19.3 Å². The topological polar surface area (TPSA) is 102 Å². The lowest BCUT2D eigenvalue weighted by Gasteiger charge is -2.45. The highest BCUT2D eigenvalue weighted by Crippen LogP contribution is 2.32. The Bertz CT molecular complexity index is 634. The largest absolute Gasteiger partial charge is 0.492 e. The molecule has 0 amide bonds. The molecule has 1 unspecified atom stereocenters. The average Bonchev–Trinajstić information content (AvgIpc) is 2.72. The molecule has 3 saturated heterocycles. The van der Waals surface area contributed by atoms with E-state index in [9.17, 15) is 9.59 Å². The van der Waals surface area contributed by atoms with Crippen LogP contribution in [-0.2, 0) is 14.3 Å². The maximum Gasteiger partial charge on any atom is 0.338 e. The van der Waals surface area contributed by atoms with Gasteiger partial charge in [-0.3, -0.25) is 9.69 Å². The minimum absolute atomic E-state index is 0.250. The summed E-state index contributed by atoms with van der Waals surface area (Å²) in [5.41, 5.74) is 0.557. The third-order valence-corrected chi connectivity index (χ3v) is 4.96. The first-order valence-corrected chi connectivity index (χ1v) is 8.78. The van der Waals surface area contributed by atoms with Crippen LogP contribution in [0, 0.1) is 5.92 Å². The number of rotatable bonds is 5. The number of methoxy groups -OCH3 is 2. The van der Waals surface area contributed by atoms with Crippen molar-refractivity contribution >= 4 is 18.4 Å². The molecule has 148 valence electrons. The van der Waals surface area contributed by atoms with Crippen LogP contribution in [0.2, 0.25) is 0 Å². The Kier molecular flexibility index (Phi) is 7.60. The molecule has 0 radical (unpaired) electrons. The van der Waals surface area contributed by atoms with Crippen molar-refractivity contribution in [1.82, 2.24) is 4.90 Å². The Morgan fingerprint density at radius 1 is 1.11 bits per heavy atom. The minimum atomic E-state index is -0.508. The summed E-state index contributed by atoms with van der Waals surface area (Å²) in [6.45, 7) is 2.57. The van der Waals surface area contributed by atoms with E-state index in [2.05, 4.69) is 4.90 Å². The molecule has 4 rings (SSSR count). The fourth-order valence-electron chi connectivity index (χ4n) is 3.61. The number of carbonyl (C=O) groups excluding carboxylic acids is 2. The van der Waals surface area contributed by atoms with E-state index in [-0.39, 0.29) is 17.6 Å². The standard InChI is InChI=1S/C18H23NO5.CH2O2/c1-22-17(20)13-8-14(18(21)23-2)10-16(9-13)24-11-15-7-12-3-5-19(15)6-4-12;2-1-3/h8-10,12,15H,3-7,11H2,1-2H3;1H,(H,2,3). The van der Waals surface area contributed by atoms with Crippen LogP contribution in [0.15, 0.2) is 18.2 Å². The summed E-state index contributed by atoms with van der Waals surface area (Å²) in [5.74, 6) is 0.272. The quantitative estimate of drug-likeness (QED) is 0.611. The second kappa shape index (κ2) is 9.91. The van der Waals surface area contributed by atoms with Crippen molar-refractivity contribution in [2.24, 2.45) is 5.92 Å². The van der Waals surface area contributed by atoms with E-state index in [1.54, 1.807) is 12.1 Å². The van der Waals surface area contributed by atoms with Crippen molar-refractivity contribution in [3.8, 4) is 5.75 Å². The van der Waals surface area contributed by atoms with E-state index in [1.165, 1.54) is 33.1 Å². The zero-order chi connectivity index (χ0) is 19.8. The number of esters is 2. The zero-order valence-electron chi connectivity index (χ0n) is 15.6. The highest BCUT2D eigenvalue weighted by molar-refractivity contribution is 5.96. The van der Waals surface area contributed by atoms with E-state index in [0.29, 0.717) is 18.4 Å². The molecular formula is C19H25NO7. The van der Waals surface area contributed by atoms with E-state index in [4.69, 9.17) is 24.1 Å². The molecule has 1 N–H and O–H groups in total. The highest BCUT2D eigenvalue weighted by atomic mass is 16.5. The molecule has 0 saturated carbocycles. The van der Waals surface area contributed by atoms with Crippen LogP contribution in [0.25, 0.3) is 0 Å². The van der Waals surface area contributed by atoms with Gasteiger partial charge in [-0.1, -0.05) is 0 Å². The second-order valence-corrected chi connectivity index (χ2v) is 6.51. The second-order valence-electron chi connectivity index (χ2n) is 6.51. The molecule has 0 aliphatic carbocycles. The first kappa shape index (κ1) is 20.7. The Hall–Kier alpha value is -2.61. The molecule has 3 fully saturated rings. The summed E-state index contributed by atoms with van der Waals surface area (Å²) in [7, 11) is 2.61. The molecule has 1 atom stereocenters. The summed E-state index contributed by atoms with van der Waals surface area (Å²) < 4.78 is 15.4. The van der Waals surface area contributed by atoms with Gasteiger partial charge in [-0.15, -0.1) is 0 Å². The molecular weight excluding hydrogens is 354 g/mol. The van der Waals surface area contributed by atoms with Crippen LogP contribution in [-0.4, -0.2) is 68.4 Å². The monoisotopic (exact) mass is 379 g/mol. The lowest BCUT2D eigenvalue weighted by atomic mass is 9.83. The van der Waals surface area contributed by atoms with Gasteiger partial charge in [-0.05, 0) is 56.5 Å². The van der Waals surface area contributed by atoms with Crippen LogP contribution in [0.4, 0.5) is 0 Å². The molecule has 8 heteroatoms. The lowest BCUT2D eigenvalue weighted by molar-refractivity contribution is -0.122. The highest BCUT2D eigenvalue weighted by Gasteiger charge is 2.33. The number of hydrogen-bond acceptors (Lipinski definition) is 7. The Labute approximate surface area is 158 Å². The number of carbonyl (C=O) groups is 3. The Morgan fingerprint density at radius 2 is 1.63 bits per heavy atom. The van der Waals surface area contributed by atoms with Crippen molar-refractivity contribution in [3.63, 3.8) is 0 Å². The number of fused-ring (bicyclic) bond motifs is 3. The van der Waals surface area contributed by atoms with Crippen LogP contribution >= 0.6 is 0 Å². The van der Waals surface area contributed by atoms with Crippen molar-refractivity contribution < 1.29 is 33.7 Å². The van der Waals surface area contributed by atoms with Crippen LogP contribution in [0.3, 0.4) is 0 Å². The van der Waals surface area contributed by atoms with Gasteiger partial charge in [0, 0.05) is 6.04 Å². The van der Waals surface area contributed by atoms with Crippen LogP contribution in [0.1, 0.15) is 40.0 Å². The maximum atomic E-state index is 11.8. The van der Waals surface area contributed by atoms with Gasteiger partial charge in [0.1, 0.15) is 12.4 Å². The lowest BCUT2D eigenvalue weighted by Crippen LogP contribution is -2.51. The van der Waals surface area contributed by atoms with Crippen LogP contribution in [0.5, 0.6) is 5.75 Å². The number of ether oxygens (including phenoxy) is 3. The molecule has 1 aromatic carbocycles. The van der Waals surface area contributed by atoms with Gasteiger partial charge in [0.05, 0.1) is 25.3 Å². The van der Waals surface area contributed by atoms with Gasteiger partial charge in [-0.25, -0.2) is 9.59 Å². The summed E-state index contributed by atoms with van der Waals surface area (Å²) >= 11 is 0. The Morgan fingerprint density at radius 3 is 2.04 bits per heavy atom. The third kappa shape index (κ3) is 5.43. The van der Waals surface area contributed by atoms with Crippen molar-refractivity contribution in [2.75, 3.05) is 33.9 Å². The molecule has 0 spiro atoms. The smallest absolute Gasteiger partial charge is 0.338 e. The summed E-state index contributed by atoms with van der Waals surface area (Å²) in [4.78, 5) is 34.4. The summed E-state index contributed by atoms with van der Waals surface area (Å²) in [5, 5.41) is 6.89. The van der Waals surface area contributed by atoms with Gasteiger partial charge in [0.2, 0.25) is 0 Å².